The van der Waals surface area contributed by atoms with E-state index in [1.165, 1.54) is 0 Å². The number of nitrogens with one attached hydrogen (secondary N) is 3. The van der Waals surface area contributed by atoms with Crippen molar-refractivity contribution in [3.63, 3.8) is 0 Å². The number of carbonyl (C=O) groups excluding carboxylic acids is 2. The van der Waals surface area contributed by atoms with Gasteiger partial charge in [-0.15, -0.1) is 12.4 Å². The Bertz CT molecular complexity index is 263. The maximum absolute atomic E-state index is 11.5. The van der Waals surface area contributed by atoms with Crippen LogP contribution in [0, 0.1) is 5.92 Å². The fraction of sp³-hybridized carbons (Fsp3) is 0.800. The van der Waals surface area contributed by atoms with E-state index in [9.17, 15) is 9.59 Å². The Morgan fingerprint density at radius 3 is 2.56 bits per heavy atom. The molecule has 0 aromatic heterocycles. The van der Waals surface area contributed by atoms with Crippen LogP contribution in [0.5, 0.6) is 0 Å². The summed E-state index contributed by atoms with van der Waals surface area (Å²) in [6.45, 7) is 1.74. The monoisotopic (exact) mass is 247 g/mol. The minimum absolute atomic E-state index is 0. The van der Waals surface area contributed by atoms with Crippen LogP contribution >= 0.6 is 12.4 Å². The minimum Gasteiger partial charge on any atom is -0.352 e. The second-order valence-corrected chi connectivity index (χ2v) is 4.25. The first kappa shape index (κ1) is 13.3. The number of rotatable bonds is 4. The highest BCUT2D eigenvalue weighted by Gasteiger charge is 2.25. The molecule has 2 amide bonds. The Balaban J connectivity index is 0.00000128. The molecule has 16 heavy (non-hydrogen) atoms. The molecule has 0 radical (unpaired) electrons. The van der Waals surface area contributed by atoms with Gasteiger partial charge in [-0.1, -0.05) is 0 Å². The zero-order valence-electron chi connectivity index (χ0n) is 9.12. The summed E-state index contributed by atoms with van der Waals surface area (Å²) in [6.07, 6.45) is 3.02. The SMILES string of the molecule is Cl.O=C(CNC(=O)[C@@H]1CCNC1)NC1CC1. The molecule has 1 saturated carbocycles. The molecular formula is C10H18ClN3O2. The van der Waals surface area contributed by atoms with E-state index in [1.54, 1.807) is 0 Å². The van der Waals surface area contributed by atoms with Crippen molar-refractivity contribution in [2.24, 2.45) is 5.92 Å². The Morgan fingerprint density at radius 2 is 2.00 bits per heavy atom. The molecule has 0 bridgehead atoms. The predicted octanol–water partition coefficient (Wildman–Crippen LogP) is -0.587. The van der Waals surface area contributed by atoms with Crippen molar-refractivity contribution in [2.75, 3.05) is 19.6 Å². The Morgan fingerprint density at radius 1 is 1.25 bits per heavy atom. The highest BCUT2D eigenvalue weighted by atomic mass is 35.5. The molecular weight excluding hydrogens is 230 g/mol. The third kappa shape index (κ3) is 3.98. The van der Waals surface area contributed by atoms with Crippen LogP contribution in [0.3, 0.4) is 0 Å². The molecule has 2 fully saturated rings. The summed E-state index contributed by atoms with van der Waals surface area (Å²) < 4.78 is 0. The standard InChI is InChI=1S/C10H17N3O2.ClH/c14-9(13-8-1-2-8)6-12-10(15)7-3-4-11-5-7;/h7-8,11H,1-6H2,(H,12,15)(H,13,14);1H/t7-;/m1./s1. The zero-order valence-corrected chi connectivity index (χ0v) is 9.94. The summed E-state index contributed by atoms with van der Waals surface area (Å²) in [6, 6.07) is 0.363. The van der Waals surface area contributed by atoms with Crippen LogP contribution < -0.4 is 16.0 Å². The summed E-state index contributed by atoms with van der Waals surface area (Å²) in [7, 11) is 0. The summed E-state index contributed by atoms with van der Waals surface area (Å²) in [5.41, 5.74) is 0. The first-order valence-corrected chi connectivity index (χ1v) is 5.53. The van der Waals surface area contributed by atoms with E-state index in [2.05, 4.69) is 16.0 Å². The average Bonchev–Trinajstić information content (AvgIpc) is 2.86. The Kier molecular flexibility index (Phi) is 5.02. The number of amides is 2. The highest BCUT2D eigenvalue weighted by molar-refractivity contribution is 5.86. The normalized spacial score (nSPS) is 23.4. The van der Waals surface area contributed by atoms with E-state index >= 15 is 0 Å². The lowest BCUT2D eigenvalue weighted by atomic mass is 10.1. The first-order chi connectivity index (χ1) is 7.25. The van der Waals surface area contributed by atoms with E-state index in [-0.39, 0.29) is 36.7 Å². The molecule has 1 aliphatic carbocycles. The van der Waals surface area contributed by atoms with Gasteiger partial charge in [-0.25, -0.2) is 0 Å². The van der Waals surface area contributed by atoms with Crippen molar-refractivity contribution < 1.29 is 9.59 Å². The van der Waals surface area contributed by atoms with Gasteiger partial charge in [0, 0.05) is 12.6 Å². The lowest BCUT2D eigenvalue weighted by molar-refractivity contribution is -0.128. The van der Waals surface area contributed by atoms with Crippen molar-refractivity contribution in [3.05, 3.63) is 0 Å². The molecule has 3 N–H and O–H groups in total. The molecule has 0 spiro atoms. The van der Waals surface area contributed by atoms with E-state index < -0.39 is 0 Å². The number of hydrogen-bond donors (Lipinski definition) is 3. The molecule has 1 heterocycles. The maximum Gasteiger partial charge on any atom is 0.239 e. The molecule has 6 heteroatoms. The summed E-state index contributed by atoms with van der Waals surface area (Å²) >= 11 is 0. The molecule has 5 nitrogen and oxygen atoms in total. The molecule has 2 rings (SSSR count). The first-order valence-electron chi connectivity index (χ1n) is 5.53. The number of carbonyl (C=O) groups is 2. The second kappa shape index (κ2) is 6.06. The number of hydrogen-bond acceptors (Lipinski definition) is 3. The topological polar surface area (TPSA) is 70.2 Å². The average molecular weight is 248 g/mol. The van der Waals surface area contributed by atoms with E-state index in [0.29, 0.717) is 6.04 Å². The molecule has 92 valence electrons. The van der Waals surface area contributed by atoms with Crippen LogP contribution in [0.1, 0.15) is 19.3 Å². The van der Waals surface area contributed by atoms with Gasteiger partial charge in [-0.2, -0.15) is 0 Å². The van der Waals surface area contributed by atoms with Gasteiger partial charge in [0.2, 0.25) is 11.8 Å². The van der Waals surface area contributed by atoms with Gasteiger partial charge in [0.25, 0.3) is 0 Å². The lowest BCUT2D eigenvalue weighted by Gasteiger charge is -2.09. The van der Waals surface area contributed by atoms with Crippen molar-refractivity contribution in [1.29, 1.82) is 0 Å². The fourth-order valence-electron chi connectivity index (χ4n) is 1.70. The Labute approximate surface area is 101 Å². The summed E-state index contributed by atoms with van der Waals surface area (Å²) in [4.78, 5) is 22.8. The van der Waals surface area contributed by atoms with Crippen LogP contribution in [0.15, 0.2) is 0 Å². The van der Waals surface area contributed by atoms with Crippen LogP contribution in [0.4, 0.5) is 0 Å². The van der Waals surface area contributed by atoms with Crippen molar-refractivity contribution in [2.45, 2.75) is 25.3 Å². The molecule has 1 atom stereocenters. The zero-order chi connectivity index (χ0) is 10.7. The van der Waals surface area contributed by atoms with Gasteiger partial charge in [0.1, 0.15) is 0 Å². The van der Waals surface area contributed by atoms with Gasteiger partial charge >= 0.3 is 0 Å². The molecule has 1 aliphatic heterocycles. The Hall–Kier alpha value is -0.810. The van der Waals surface area contributed by atoms with E-state index in [1.807, 2.05) is 0 Å². The van der Waals surface area contributed by atoms with Gasteiger partial charge in [-0.3, -0.25) is 9.59 Å². The fourth-order valence-corrected chi connectivity index (χ4v) is 1.70. The third-order valence-corrected chi connectivity index (χ3v) is 2.80. The largest absolute Gasteiger partial charge is 0.352 e. The predicted molar refractivity (Wildman–Crippen MR) is 62.4 cm³/mol. The van der Waals surface area contributed by atoms with Crippen LogP contribution in [-0.4, -0.2) is 37.5 Å². The van der Waals surface area contributed by atoms with Crippen LogP contribution in [-0.2, 0) is 9.59 Å². The highest BCUT2D eigenvalue weighted by Crippen LogP contribution is 2.18. The van der Waals surface area contributed by atoms with E-state index in [0.717, 1.165) is 32.4 Å². The molecule has 0 aromatic rings. The maximum atomic E-state index is 11.5. The molecule has 2 aliphatic rings. The third-order valence-electron chi connectivity index (χ3n) is 2.80. The van der Waals surface area contributed by atoms with Crippen molar-refractivity contribution in [1.82, 2.24) is 16.0 Å². The van der Waals surface area contributed by atoms with Crippen LogP contribution in [0.2, 0.25) is 0 Å². The lowest BCUT2D eigenvalue weighted by Crippen LogP contribution is -2.40. The molecule has 0 aromatic carbocycles. The summed E-state index contributed by atoms with van der Waals surface area (Å²) in [5, 5.41) is 8.62. The minimum atomic E-state index is -0.0724. The van der Waals surface area contributed by atoms with E-state index in [4.69, 9.17) is 0 Å². The molecule has 1 saturated heterocycles. The quantitative estimate of drug-likeness (QED) is 0.622. The number of halogens is 1. The van der Waals surface area contributed by atoms with Gasteiger partial charge in [-0.05, 0) is 25.8 Å². The van der Waals surface area contributed by atoms with Gasteiger partial charge < -0.3 is 16.0 Å². The van der Waals surface area contributed by atoms with Crippen molar-refractivity contribution >= 4 is 24.2 Å². The van der Waals surface area contributed by atoms with Crippen LogP contribution in [0.25, 0.3) is 0 Å². The van der Waals surface area contributed by atoms with Gasteiger partial charge in [0.15, 0.2) is 0 Å². The smallest absolute Gasteiger partial charge is 0.239 e. The van der Waals surface area contributed by atoms with Gasteiger partial charge in [0.05, 0.1) is 12.5 Å². The second-order valence-electron chi connectivity index (χ2n) is 4.25. The van der Waals surface area contributed by atoms with Crippen molar-refractivity contribution in [3.8, 4) is 0 Å². The summed E-state index contributed by atoms with van der Waals surface area (Å²) in [5.74, 6) is -0.0403. The molecule has 0 unspecified atom stereocenters.